The highest BCUT2D eigenvalue weighted by Crippen LogP contribution is 2.28. The number of rotatable bonds is 5. The van der Waals surface area contributed by atoms with Crippen molar-refractivity contribution < 1.29 is 0 Å². The van der Waals surface area contributed by atoms with E-state index in [-0.39, 0.29) is 0 Å². The third-order valence-electron chi connectivity index (χ3n) is 4.77. The maximum Gasteiger partial charge on any atom is 0.0446 e. The Morgan fingerprint density at radius 2 is 2.24 bits per heavy atom. The number of hydrogen-bond acceptors (Lipinski definition) is 4. The molecule has 3 heterocycles. The predicted octanol–water partition coefficient (Wildman–Crippen LogP) is 2.17. The number of aromatic nitrogens is 1. The summed E-state index contributed by atoms with van der Waals surface area (Å²) in [5.74, 6) is 0. The summed E-state index contributed by atoms with van der Waals surface area (Å²) < 4.78 is 0. The topological polar surface area (TPSA) is 31.4 Å². The second-order valence-electron chi connectivity index (χ2n) is 6.41. The summed E-state index contributed by atoms with van der Waals surface area (Å²) in [5, 5.41) is 3.52. The molecule has 4 nitrogen and oxygen atoms in total. The summed E-state index contributed by atoms with van der Waals surface area (Å²) in [4.78, 5) is 9.76. The quantitative estimate of drug-likeness (QED) is 0.842. The van der Waals surface area contributed by atoms with E-state index in [4.69, 9.17) is 0 Å². The molecule has 2 aliphatic heterocycles. The molecule has 1 aromatic rings. The van der Waals surface area contributed by atoms with Gasteiger partial charge in [-0.05, 0) is 45.3 Å². The lowest BCUT2D eigenvalue weighted by Gasteiger charge is -2.39. The summed E-state index contributed by atoms with van der Waals surface area (Å²) in [5.41, 5.74) is 3.87. The highest BCUT2D eigenvalue weighted by molar-refractivity contribution is 5.54. The Hall–Kier alpha value is -1.13. The normalized spacial score (nSPS) is 22.6. The van der Waals surface area contributed by atoms with E-state index in [0.29, 0.717) is 0 Å². The Morgan fingerprint density at radius 1 is 1.33 bits per heavy atom. The smallest absolute Gasteiger partial charge is 0.0446 e. The zero-order valence-corrected chi connectivity index (χ0v) is 13.4. The van der Waals surface area contributed by atoms with Gasteiger partial charge in [-0.3, -0.25) is 9.88 Å². The van der Waals surface area contributed by atoms with Gasteiger partial charge in [0.25, 0.3) is 0 Å². The van der Waals surface area contributed by atoms with Crippen molar-refractivity contribution in [2.24, 2.45) is 0 Å². The number of piperazine rings is 1. The number of nitrogens with zero attached hydrogens (tertiary/aromatic N) is 3. The van der Waals surface area contributed by atoms with Gasteiger partial charge in [-0.15, -0.1) is 0 Å². The van der Waals surface area contributed by atoms with E-state index >= 15 is 0 Å². The molecule has 1 aromatic heterocycles. The van der Waals surface area contributed by atoms with Gasteiger partial charge in [0.2, 0.25) is 0 Å². The zero-order valence-electron chi connectivity index (χ0n) is 13.4. The number of aryl methyl sites for hydroxylation is 1. The van der Waals surface area contributed by atoms with Crippen molar-refractivity contribution in [2.45, 2.75) is 45.7 Å². The summed E-state index contributed by atoms with van der Waals surface area (Å²) in [6.45, 7) is 11.2. The van der Waals surface area contributed by atoms with Crippen LogP contribution in [-0.2, 0) is 6.54 Å². The van der Waals surface area contributed by atoms with Gasteiger partial charge in [0.05, 0.1) is 0 Å². The Morgan fingerprint density at radius 3 is 3.10 bits per heavy atom. The van der Waals surface area contributed by atoms with E-state index in [1.54, 1.807) is 0 Å². The van der Waals surface area contributed by atoms with E-state index in [0.717, 1.165) is 31.4 Å². The fourth-order valence-electron chi connectivity index (χ4n) is 3.61. The number of pyridine rings is 1. The highest BCUT2D eigenvalue weighted by atomic mass is 15.3. The van der Waals surface area contributed by atoms with Gasteiger partial charge in [0, 0.05) is 55.4 Å². The largest absolute Gasteiger partial charge is 0.368 e. The first-order valence-electron chi connectivity index (χ1n) is 8.43. The number of fused-ring (bicyclic) bond motifs is 1. The van der Waals surface area contributed by atoms with Crippen LogP contribution in [0.15, 0.2) is 12.3 Å². The minimum absolute atomic E-state index is 0.767. The van der Waals surface area contributed by atoms with Gasteiger partial charge in [-0.2, -0.15) is 0 Å². The van der Waals surface area contributed by atoms with E-state index < -0.39 is 0 Å². The molecule has 0 radical (unpaired) electrons. The fourth-order valence-corrected chi connectivity index (χ4v) is 3.61. The SMILES string of the molecule is CCCNCc1cnc(C)cc1N1CCN2CCCC2C1. The number of hydrogen-bond donors (Lipinski definition) is 1. The molecule has 3 rings (SSSR count). The molecule has 0 saturated carbocycles. The zero-order chi connectivity index (χ0) is 14.7. The molecule has 2 aliphatic rings. The molecule has 0 bridgehead atoms. The summed E-state index contributed by atoms with van der Waals surface area (Å²) in [7, 11) is 0. The lowest BCUT2D eigenvalue weighted by molar-refractivity contribution is 0.230. The van der Waals surface area contributed by atoms with Crippen LogP contribution in [0.1, 0.15) is 37.4 Å². The van der Waals surface area contributed by atoms with Crippen LogP contribution >= 0.6 is 0 Å². The fraction of sp³-hybridized carbons (Fsp3) is 0.706. The van der Waals surface area contributed by atoms with Crippen LogP contribution in [0.2, 0.25) is 0 Å². The van der Waals surface area contributed by atoms with Crippen LogP contribution in [0.4, 0.5) is 5.69 Å². The van der Waals surface area contributed by atoms with Crippen molar-refractivity contribution in [2.75, 3.05) is 37.6 Å². The average Bonchev–Trinajstić information content (AvgIpc) is 2.96. The molecule has 0 amide bonds. The monoisotopic (exact) mass is 288 g/mol. The van der Waals surface area contributed by atoms with E-state index in [1.165, 1.54) is 50.1 Å². The summed E-state index contributed by atoms with van der Waals surface area (Å²) >= 11 is 0. The van der Waals surface area contributed by atoms with Gasteiger partial charge in [0.15, 0.2) is 0 Å². The van der Waals surface area contributed by atoms with Crippen LogP contribution in [0.5, 0.6) is 0 Å². The third kappa shape index (κ3) is 3.38. The molecular weight excluding hydrogens is 260 g/mol. The molecule has 0 spiro atoms. The lowest BCUT2D eigenvalue weighted by atomic mass is 10.1. The van der Waals surface area contributed by atoms with Gasteiger partial charge in [-0.25, -0.2) is 0 Å². The Kier molecular flexibility index (Phi) is 4.76. The highest BCUT2D eigenvalue weighted by Gasteiger charge is 2.31. The maximum atomic E-state index is 4.50. The van der Waals surface area contributed by atoms with Crippen molar-refractivity contribution in [1.29, 1.82) is 0 Å². The van der Waals surface area contributed by atoms with Gasteiger partial charge < -0.3 is 10.2 Å². The molecule has 2 fully saturated rings. The van der Waals surface area contributed by atoms with Crippen molar-refractivity contribution in [3.8, 4) is 0 Å². The van der Waals surface area contributed by atoms with Gasteiger partial charge in [0.1, 0.15) is 0 Å². The van der Waals surface area contributed by atoms with Crippen molar-refractivity contribution in [3.63, 3.8) is 0 Å². The first-order valence-corrected chi connectivity index (χ1v) is 8.43. The number of anilines is 1. The summed E-state index contributed by atoms with van der Waals surface area (Å²) in [6.07, 6.45) is 5.98. The molecule has 1 N–H and O–H groups in total. The number of nitrogens with one attached hydrogen (secondary N) is 1. The van der Waals surface area contributed by atoms with Crippen LogP contribution in [0, 0.1) is 6.92 Å². The lowest BCUT2D eigenvalue weighted by Crippen LogP contribution is -2.50. The summed E-state index contributed by atoms with van der Waals surface area (Å²) in [6, 6.07) is 3.04. The van der Waals surface area contributed by atoms with Crippen molar-refractivity contribution in [3.05, 3.63) is 23.5 Å². The molecule has 116 valence electrons. The molecule has 0 aromatic carbocycles. The van der Waals surface area contributed by atoms with Crippen molar-refractivity contribution in [1.82, 2.24) is 15.2 Å². The Labute approximate surface area is 128 Å². The molecule has 1 atom stereocenters. The molecule has 0 aliphatic carbocycles. The van der Waals surface area contributed by atoms with Gasteiger partial charge in [-0.1, -0.05) is 6.92 Å². The van der Waals surface area contributed by atoms with Crippen LogP contribution in [-0.4, -0.2) is 48.6 Å². The van der Waals surface area contributed by atoms with E-state index in [9.17, 15) is 0 Å². The molecule has 2 saturated heterocycles. The Balaban J connectivity index is 1.74. The minimum atomic E-state index is 0.767. The van der Waals surface area contributed by atoms with Crippen LogP contribution in [0.25, 0.3) is 0 Å². The molecule has 4 heteroatoms. The Bertz CT molecular complexity index is 474. The van der Waals surface area contributed by atoms with Crippen molar-refractivity contribution >= 4 is 5.69 Å². The molecular formula is C17H28N4. The first-order chi connectivity index (χ1) is 10.3. The van der Waals surface area contributed by atoms with Gasteiger partial charge >= 0.3 is 0 Å². The second kappa shape index (κ2) is 6.75. The van der Waals surface area contributed by atoms with E-state index in [1.807, 2.05) is 0 Å². The molecule has 21 heavy (non-hydrogen) atoms. The second-order valence-corrected chi connectivity index (χ2v) is 6.41. The predicted molar refractivity (Wildman–Crippen MR) is 87.8 cm³/mol. The average molecular weight is 288 g/mol. The van der Waals surface area contributed by atoms with Crippen LogP contribution in [0.3, 0.4) is 0 Å². The van der Waals surface area contributed by atoms with Crippen LogP contribution < -0.4 is 10.2 Å². The third-order valence-corrected chi connectivity index (χ3v) is 4.77. The van der Waals surface area contributed by atoms with E-state index in [2.05, 4.69) is 46.2 Å². The standard InChI is InChI=1S/C17H28N4/c1-3-6-18-11-15-12-19-14(2)10-17(15)21-9-8-20-7-4-5-16(20)13-21/h10,12,16,18H,3-9,11,13H2,1-2H3. The maximum absolute atomic E-state index is 4.50. The minimum Gasteiger partial charge on any atom is -0.368 e. The molecule has 1 unspecified atom stereocenters. The first kappa shape index (κ1) is 14.8.